The van der Waals surface area contributed by atoms with E-state index >= 15 is 0 Å². The van der Waals surface area contributed by atoms with Crippen molar-refractivity contribution in [1.82, 2.24) is 5.32 Å². The normalized spacial score (nSPS) is 12.2. The van der Waals surface area contributed by atoms with Gasteiger partial charge < -0.3 is 14.8 Å². The third kappa shape index (κ3) is 4.27. The van der Waals surface area contributed by atoms with Crippen molar-refractivity contribution in [2.24, 2.45) is 0 Å². The van der Waals surface area contributed by atoms with Crippen LogP contribution < -0.4 is 14.8 Å². The standard InChI is InChI=1S/C17H16ClNO4S/c18-16-5-4-15(24-16)12(20)2-6-17(21)19-8-7-11-1-3-13-14(9-11)23-10-22-13/h1,3-5,9H,2,6-8,10H2,(H,19,21). The predicted octanol–water partition coefficient (Wildman–Crippen LogP) is 3.45. The Morgan fingerprint density at radius 2 is 1.96 bits per heavy atom. The molecule has 0 unspecified atom stereocenters. The van der Waals surface area contributed by atoms with Gasteiger partial charge in [0.2, 0.25) is 12.7 Å². The second kappa shape index (κ2) is 7.68. The third-order valence-corrected chi connectivity index (χ3v) is 4.87. The monoisotopic (exact) mass is 365 g/mol. The first-order valence-electron chi connectivity index (χ1n) is 7.55. The van der Waals surface area contributed by atoms with Crippen LogP contribution in [0.15, 0.2) is 30.3 Å². The van der Waals surface area contributed by atoms with Gasteiger partial charge in [-0.05, 0) is 36.2 Å². The fourth-order valence-corrected chi connectivity index (χ4v) is 3.36. The highest BCUT2D eigenvalue weighted by atomic mass is 35.5. The van der Waals surface area contributed by atoms with Crippen molar-refractivity contribution in [3.8, 4) is 11.5 Å². The van der Waals surface area contributed by atoms with E-state index < -0.39 is 0 Å². The molecule has 1 aromatic carbocycles. The van der Waals surface area contributed by atoms with Crippen LogP contribution in [-0.4, -0.2) is 25.0 Å². The first kappa shape index (κ1) is 16.8. The van der Waals surface area contributed by atoms with Gasteiger partial charge in [0.25, 0.3) is 0 Å². The van der Waals surface area contributed by atoms with Crippen molar-refractivity contribution in [1.29, 1.82) is 0 Å². The number of hydrogen-bond acceptors (Lipinski definition) is 5. The summed E-state index contributed by atoms with van der Waals surface area (Å²) in [4.78, 5) is 24.3. The zero-order valence-corrected chi connectivity index (χ0v) is 14.4. The van der Waals surface area contributed by atoms with Gasteiger partial charge in [0, 0.05) is 19.4 Å². The van der Waals surface area contributed by atoms with E-state index in [1.54, 1.807) is 12.1 Å². The Balaban J connectivity index is 1.39. The van der Waals surface area contributed by atoms with Gasteiger partial charge >= 0.3 is 0 Å². The molecule has 0 spiro atoms. The molecule has 1 aromatic heterocycles. The molecule has 0 radical (unpaired) electrons. The van der Waals surface area contributed by atoms with Gasteiger partial charge in [-0.1, -0.05) is 17.7 Å². The summed E-state index contributed by atoms with van der Waals surface area (Å²) in [5.74, 6) is 1.29. The van der Waals surface area contributed by atoms with Gasteiger partial charge in [-0.3, -0.25) is 9.59 Å². The minimum absolute atomic E-state index is 0.0576. The average Bonchev–Trinajstić information content (AvgIpc) is 3.21. The fraction of sp³-hybridized carbons (Fsp3) is 0.294. The minimum Gasteiger partial charge on any atom is -0.454 e. The van der Waals surface area contributed by atoms with Gasteiger partial charge in [0.15, 0.2) is 17.3 Å². The summed E-state index contributed by atoms with van der Waals surface area (Å²) < 4.78 is 11.2. The number of hydrogen-bond donors (Lipinski definition) is 1. The molecule has 1 amide bonds. The number of thiophene rings is 1. The summed E-state index contributed by atoms with van der Waals surface area (Å²) in [5, 5.41) is 2.83. The Morgan fingerprint density at radius 1 is 1.12 bits per heavy atom. The van der Waals surface area contributed by atoms with Gasteiger partial charge in [0.05, 0.1) is 9.21 Å². The number of carbonyl (C=O) groups excluding carboxylic acids is 2. The molecule has 0 bridgehead atoms. The molecule has 1 aliphatic heterocycles. The lowest BCUT2D eigenvalue weighted by Crippen LogP contribution is -2.26. The number of Topliss-reactive ketones (excluding diaryl/α,β-unsaturated/α-hetero) is 1. The van der Waals surface area contributed by atoms with Crippen LogP contribution in [0.25, 0.3) is 0 Å². The number of carbonyl (C=O) groups is 2. The Bertz CT molecular complexity index is 759. The smallest absolute Gasteiger partial charge is 0.231 e. The van der Waals surface area contributed by atoms with Gasteiger partial charge in [-0.25, -0.2) is 0 Å². The summed E-state index contributed by atoms with van der Waals surface area (Å²) in [6.45, 7) is 0.760. The fourth-order valence-electron chi connectivity index (χ4n) is 2.35. The Kier molecular flexibility index (Phi) is 5.37. The number of amides is 1. The lowest BCUT2D eigenvalue weighted by Gasteiger charge is -2.06. The average molecular weight is 366 g/mol. The number of ether oxygens (including phenoxy) is 2. The number of nitrogens with one attached hydrogen (secondary N) is 1. The van der Waals surface area contributed by atoms with Crippen molar-refractivity contribution in [2.45, 2.75) is 19.3 Å². The zero-order chi connectivity index (χ0) is 16.9. The summed E-state index contributed by atoms with van der Waals surface area (Å²) >= 11 is 7.03. The SMILES string of the molecule is O=C(CCC(=O)c1ccc(Cl)s1)NCCc1ccc2c(c1)OCO2. The molecule has 1 aliphatic rings. The van der Waals surface area contributed by atoms with E-state index in [0.29, 0.717) is 22.2 Å². The van der Waals surface area contributed by atoms with E-state index in [2.05, 4.69) is 5.32 Å². The van der Waals surface area contributed by atoms with Gasteiger partial charge in [0.1, 0.15) is 0 Å². The van der Waals surface area contributed by atoms with E-state index in [1.165, 1.54) is 11.3 Å². The number of rotatable bonds is 7. The summed E-state index contributed by atoms with van der Waals surface area (Å²) in [5.41, 5.74) is 1.06. The Labute approximate surface area is 148 Å². The highest BCUT2D eigenvalue weighted by Gasteiger charge is 2.14. The van der Waals surface area contributed by atoms with Crippen LogP contribution in [-0.2, 0) is 11.2 Å². The molecule has 7 heteroatoms. The van der Waals surface area contributed by atoms with E-state index in [0.717, 1.165) is 17.1 Å². The van der Waals surface area contributed by atoms with Crippen LogP contribution in [0.5, 0.6) is 11.5 Å². The molecule has 126 valence electrons. The summed E-state index contributed by atoms with van der Waals surface area (Å²) in [6, 6.07) is 9.10. The topological polar surface area (TPSA) is 64.6 Å². The Morgan fingerprint density at radius 3 is 2.75 bits per heavy atom. The third-order valence-electron chi connectivity index (χ3n) is 3.60. The zero-order valence-electron chi connectivity index (χ0n) is 12.8. The van der Waals surface area contributed by atoms with Crippen molar-refractivity contribution >= 4 is 34.6 Å². The molecule has 0 fully saturated rings. The van der Waals surface area contributed by atoms with Crippen LogP contribution >= 0.6 is 22.9 Å². The van der Waals surface area contributed by atoms with Crippen LogP contribution in [0, 0.1) is 0 Å². The van der Waals surface area contributed by atoms with E-state index in [1.807, 2.05) is 18.2 Å². The predicted molar refractivity (Wildman–Crippen MR) is 92.2 cm³/mol. The number of ketones is 1. The maximum absolute atomic E-state index is 11.9. The van der Waals surface area contributed by atoms with Crippen molar-refractivity contribution in [2.75, 3.05) is 13.3 Å². The number of halogens is 1. The number of fused-ring (bicyclic) bond motifs is 1. The van der Waals surface area contributed by atoms with Crippen molar-refractivity contribution < 1.29 is 19.1 Å². The lowest BCUT2D eigenvalue weighted by molar-refractivity contribution is -0.121. The molecular weight excluding hydrogens is 350 g/mol. The van der Waals surface area contributed by atoms with Gasteiger partial charge in [-0.15, -0.1) is 11.3 Å². The maximum Gasteiger partial charge on any atom is 0.231 e. The summed E-state index contributed by atoms with van der Waals surface area (Å²) in [6.07, 6.45) is 1.05. The van der Waals surface area contributed by atoms with Crippen molar-refractivity contribution in [3.05, 3.63) is 45.1 Å². The van der Waals surface area contributed by atoms with Crippen LogP contribution in [0.2, 0.25) is 4.34 Å². The molecule has 0 atom stereocenters. The minimum atomic E-state index is -0.133. The first-order valence-corrected chi connectivity index (χ1v) is 8.75. The maximum atomic E-state index is 11.9. The molecular formula is C17H16ClNO4S. The molecule has 2 aromatic rings. The van der Waals surface area contributed by atoms with E-state index in [-0.39, 0.29) is 31.3 Å². The largest absolute Gasteiger partial charge is 0.454 e. The van der Waals surface area contributed by atoms with Crippen LogP contribution in [0.4, 0.5) is 0 Å². The molecule has 3 rings (SSSR count). The van der Waals surface area contributed by atoms with E-state index in [4.69, 9.17) is 21.1 Å². The van der Waals surface area contributed by atoms with E-state index in [9.17, 15) is 9.59 Å². The summed E-state index contributed by atoms with van der Waals surface area (Å²) in [7, 11) is 0. The quantitative estimate of drug-likeness (QED) is 0.763. The number of benzene rings is 1. The second-order valence-corrected chi connectivity index (χ2v) is 7.03. The molecule has 2 heterocycles. The lowest BCUT2D eigenvalue weighted by atomic mass is 10.1. The molecule has 1 N–H and O–H groups in total. The van der Waals surface area contributed by atoms with Crippen LogP contribution in [0.3, 0.4) is 0 Å². The first-order chi connectivity index (χ1) is 11.6. The van der Waals surface area contributed by atoms with Crippen molar-refractivity contribution in [3.63, 3.8) is 0 Å². The molecule has 5 nitrogen and oxygen atoms in total. The molecule has 0 saturated heterocycles. The van der Waals surface area contributed by atoms with Gasteiger partial charge in [-0.2, -0.15) is 0 Å². The highest BCUT2D eigenvalue weighted by Crippen LogP contribution is 2.32. The molecule has 0 aliphatic carbocycles. The Hall–Kier alpha value is -2.05. The second-order valence-electron chi connectivity index (χ2n) is 5.31. The molecule has 0 saturated carbocycles. The molecule has 24 heavy (non-hydrogen) atoms. The highest BCUT2D eigenvalue weighted by molar-refractivity contribution is 7.18. The van der Waals surface area contributed by atoms with Crippen LogP contribution in [0.1, 0.15) is 28.1 Å².